The summed E-state index contributed by atoms with van der Waals surface area (Å²) in [6, 6.07) is 8.42. The Labute approximate surface area is 124 Å². The number of hydrogen-bond acceptors (Lipinski definition) is 3. The Morgan fingerprint density at radius 1 is 1.24 bits per heavy atom. The number of hydrogen-bond donors (Lipinski definition) is 1. The quantitative estimate of drug-likeness (QED) is 0.813. The molecule has 0 fully saturated rings. The topological polar surface area (TPSA) is 41.1 Å². The molecule has 2 aromatic rings. The van der Waals surface area contributed by atoms with Gasteiger partial charge in [-0.3, -0.25) is 5.10 Å². The highest BCUT2D eigenvalue weighted by Crippen LogP contribution is 2.18. The number of methoxy groups -OCH3 is 1. The van der Waals surface area contributed by atoms with Gasteiger partial charge in [-0.15, -0.1) is 0 Å². The summed E-state index contributed by atoms with van der Waals surface area (Å²) in [6.07, 6.45) is 2.01. The van der Waals surface area contributed by atoms with Crippen LogP contribution in [0.5, 0.6) is 0 Å². The first-order valence-corrected chi connectivity index (χ1v) is 7.17. The van der Waals surface area contributed by atoms with Crippen LogP contribution >= 0.6 is 0 Å². The standard InChI is InChI=1S/C16H22FN3O/c1-20(10-11-21-2)9-3-4-15-12-16(19-18-15)13-5-7-14(17)8-6-13/h5-8,12H,3-4,9-11H2,1-2H3,(H,18,19). The number of nitrogens with zero attached hydrogens (tertiary/aromatic N) is 2. The molecule has 0 atom stereocenters. The SMILES string of the molecule is COCCN(C)CCCc1cc(-c2ccc(F)cc2)n[nH]1. The number of H-pyrrole nitrogens is 1. The third-order valence-electron chi connectivity index (χ3n) is 3.43. The van der Waals surface area contributed by atoms with Crippen LogP contribution in [0.2, 0.25) is 0 Å². The van der Waals surface area contributed by atoms with Crippen molar-refractivity contribution in [3.8, 4) is 11.3 Å². The van der Waals surface area contributed by atoms with Gasteiger partial charge in [0, 0.05) is 24.9 Å². The van der Waals surface area contributed by atoms with Crippen LogP contribution < -0.4 is 0 Å². The number of nitrogens with one attached hydrogen (secondary N) is 1. The summed E-state index contributed by atoms with van der Waals surface area (Å²) in [7, 11) is 3.81. The monoisotopic (exact) mass is 291 g/mol. The summed E-state index contributed by atoms with van der Waals surface area (Å²) in [5.74, 6) is -0.228. The number of rotatable bonds is 8. The van der Waals surface area contributed by atoms with Crippen molar-refractivity contribution in [1.29, 1.82) is 0 Å². The van der Waals surface area contributed by atoms with Crippen LogP contribution in [0.1, 0.15) is 12.1 Å². The number of benzene rings is 1. The molecule has 1 heterocycles. The lowest BCUT2D eigenvalue weighted by atomic mass is 10.1. The third-order valence-corrected chi connectivity index (χ3v) is 3.43. The Morgan fingerprint density at radius 2 is 2.00 bits per heavy atom. The van der Waals surface area contributed by atoms with E-state index < -0.39 is 0 Å². The summed E-state index contributed by atoms with van der Waals surface area (Å²) < 4.78 is 17.9. The summed E-state index contributed by atoms with van der Waals surface area (Å²) in [5.41, 5.74) is 2.89. The average Bonchev–Trinajstić information content (AvgIpc) is 2.95. The van der Waals surface area contributed by atoms with Crippen LogP contribution in [0.25, 0.3) is 11.3 Å². The molecule has 21 heavy (non-hydrogen) atoms. The fourth-order valence-corrected chi connectivity index (χ4v) is 2.16. The predicted molar refractivity (Wildman–Crippen MR) is 81.7 cm³/mol. The van der Waals surface area contributed by atoms with Crippen molar-refractivity contribution < 1.29 is 9.13 Å². The molecular weight excluding hydrogens is 269 g/mol. The van der Waals surface area contributed by atoms with E-state index in [2.05, 4.69) is 22.1 Å². The molecule has 2 rings (SSSR count). The van der Waals surface area contributed by atoms with Gasteiger partial charge in [-0.1, -0.05) is 0 Å². The number of likely N-dealkylation sites (N-methyl/N-ethyl adjacent to an activating group) is 1. The molecule has 5 heteroatoms. The van der Waals surface area contributed by atoms with Crippen molar-refractivity contribution in [2.45, 2.75) is 12.8 Å². The van der Waals surface area contributed by atoms with Gasteiger partial charge in [-0.05, 0) is 56.8 Å². The van der Waals surface area contributed by atoms with E-state index >= 15 is 0 Å². The summed E-state index contributed by atoms with van der Waals surface area (Å²) in [4.78, 5) is 2.25. The van der Waals surface area contributed by atoms with Gasteiger partial charge in [-0.25, -0.2) is 4.39 Å². The maximum absolute atomic E-state index is 12.9. The molecule has 4 nitrogen and oxygen atoms in total. The molecule has 0 unspecified atom stereocenters. The van der Waals surface area contributed by atoms with Gasteiger partial charge in [0.25, 0.3) is 0 Å². The Hall–Kier alpha value is -1.72. The highest BCUT2D eigenvalue weighted by Gasteiger charge is 2.05. The fraction of sp³-hybridized carbons (Fsp3) is 0.438. The average molecular weight is 291 g/mol. The largest absolute Gasteiger partial charge is 0.383 e. The van der Waals surface area contributed by atoms with E-state index in [1.807, 2.05) is 6.07 Å². The molecule has 0 aliphatic rings. The van der Waals surface area contributed by atoms with Crippen molar-refractivity contribution in [2.24, 2.45) is 0 Å². The maximum Gasteiger partial charge on any atom is 0.123 e. The number of aryl methyl sites for hydroxylation is 1. The van der Waals surface area contributed by atoms with Crippen molar-refractivity contribution in [1.82, 2.24) is 15.1 Å². The van der Waals surface area contributed by atoms with E-state index in [-0.39, 0.29) is 5.82 Å². The molecule has 0 spiro atoms. The van der Waals surface area contributed by atoms with Crippen LogP contribution in [-0.2, 0) is 11.2 Å². The van der Waals surface area contributed by atoms with Gasteiger partial charge in [0.2, 0.25) is 0 Å². The second-order valence-electron chi connectivity index (χ2n) is 5.18. The lowest BCUT2D eigenvalue weighted by molar-refractivity contribution is 0.160. The molecule has 1 aromatic heterocycles. The Morgan fingerprint density at radius 3 is 2.71 bits per heavy atom. The van der Waals surface area contributed by atoms with Crippen molar-refractivity contribution in [3.05, 3.63) is 41.8 Å². The van der Waals surface area contributed by atoms with E-state index in [1.54, 1.807) is 19.2 Å². The maximum atomic E-state index is 12.9. The molecule has 0 saturated carbocycles. The summed E-state index contributed by atoms with van der Waals surface area (Å²) in [5, 5.41) is 7.33. The smallest absolute Gasteiger partial charge is 0.123 e. The summed E-state index contributed by atoms with van der Waals surface area (Å²) in [6.45, 7) is 2.73. The van der Waals surface area contributed by atoms with Crippen LogP contribution in [0.15, 0.2) is 30.3 Å². The van der Waals surface area contributed by atoms with Gasteiger partial charge in [-0.2, -0.15) is 5.10 Å². The van der Waals surface area contributed by atoms with Crippen molar-refractivity contribution >= 4 is 0 Å². The Kier molecular flexibility index (Phi) is 5.90. The zero-order valence-electron chi connectivity index (χ0n) is 12.6. The Bertz CT molecular complexity index is 539. The molecule has 0 amide bonds. The second kappa shape index (κ2) is 7.90. The molecule has 0 radical (unpaired) electrons. The number of aromatic nitrogens is 2. The van der Waals surface area contributed by atoms with Gasteiger partial charge < -0.3 is 9.64 Å². The third kappa shape index (κ3) is 4.95. The number of halogens is 1. The molecule has 114 valence electrons. The molecular formula is C16H22FN3O. The predicted octanol–water partition coefficient (Wildman–Crippen LogP) is 2.73. The van der Waals surface area contributed by atoms with E-state index in [0.29, 0.717) is 0 Å². The molecule has 0 saturated heterocycles. The lowest BCUT2D eigenvalue weighted by Gasteiger charge is -2.15. The van der Waals surface area contributed by atoms with Crippen LogP contribution in [0.4, 0.5) is 4.39 Å². The van der Waals surface area contributed by atoms with E-state index in [9.17, 15) is 4.39 Å². The highest BCUT2D eigenvalue weighted by atomic mass is 19.1. The van der Waals surface area contributed by atoms with Crippen LogP contribution in [0, 0.1) is 5.82 Å². The molecule has 0 bridgehead atoms. The first-order valence-electron chi connectivity index (χ1n) is 7.17. The van der Waals surface area contributed by atoms with Gasteiger partial charge in [0.1, 0.15) is 5.82 Å². The van der Waals surface area contributed by atoms with E-state index in [4.69, 9.17) is 4.74 Å². The molecule has 0 aliphatic carbocycles. The van der Waals surface area contributed by atoms with Gasteiger partial charge in [0.05, 0.1) is 12.3 Å². The van der Waals surface area contributed by atoms with Gasteiger partial charge in [0.15, 0.2) is 0 Å². The zero-order chi connectivity index (χ0) is 15.1. The van der Waals surface area contributed by atoms with Gasteiger partial charge >= 0.3 is 0 Å². The van der Waals surface area contributed by atoms with Crippen LogP contribution in [-0.4, -0.2) is 49.0 Å². The molecule has 1 N–H and O–H groups in total. The second-order valence-corrected chi connectivity index (χ2v) is 5.18. The zero-order valence-corrected chi connectivity index (χ0v) is 12.6. The van der Waals surface area contributed by atoms with E-state index in [0.717, 1.165) is 49.5 Å². The normalized spacial score (nSPS) is 11.2. The van der Waals surface area contributed by atoms with Crippen molar-refractivity contribution in [3.63, 3.8) is 0 Å². The minimum atomic E-state index is -0.228. The minimum absolute atomic E-state index is 0.228. The summed E-state index contributed by atoms with van der Waals surface area (Å²) >= 11 is 0. The molecule has 0 aliphatic heterocycles. The minimum Gasteiger partial charge on any atom is -0.383 e. The number of ether oxygens (including phenoxy) is 1. The number of aromatic amines is 1. The van der Waals surface area contributed by atoms with Crippen molar-refractivity contribution in [2.75, 3.05) is 33.9 Å². The first kappa shape index (κ1) is 15.7. The fourth-order valence-electron chi connectivity index (χ4n) is 2.16. The highest BCUT2D eigenvalue weighted by molar-refractivity contribution is 5.58. The lowest BCUT2D eigenvalue weighted by Crippen LogP contribution is -2.24. The Balaban J connectivity index is 1.82. The molecule has 1 aromatic carbocycles. The van der Waals surface area contributed by atoms with Crippen LogP contribution in [0.3, 0.4) is 0 Å². The first-order chi connectivity index (χ1) is 10.2. The van der Waals surface area contributed by atoms with E-state index in [1.165, 1.54) is 12.1 Å².